The molecule has 0 fully saturated rings. The van der Waals surface area contributed by atoms with Gasteiger partial charge in [-0.05, 0) is 11.6 Å². The fourth-order valence-electron chi connectivity index (χ4n) is 2.44. The van der Waals surface area contributed by atoms with E-state index in [0.29, 0.717) is 0 Å². The van der Waals surface area contributed by atoms with Crippen molar-refractivity contribution in [1.29, 1.82) is 0 Å². The molecule has 0 amide bonds. The Balaban J connectivity index is 2.15. The molecule has 1 aromatic rings. The molecule has 3 heteroatoms. The van der Waals surface area contributed by atoms with Crippen molar-refractivity contribution in [3.05, 3.63) is 42.1 Å². The quantitative estimate of drug-likeness (QED) is 0.452. The van der Waals surface area contributed by atoms with E-state index in [0.717, 1.165) is 24.2 Å². The normalized spacial score (nSPS) is 17.1. The van der Waals surface area contributed by atoms with Gasteiger partial charge in [-0.15, -0.1) is 0 Å². The summed E-state index contributed by atoms with van der Waals surface area (Å²) >= 11 is 2.33. The van der Waals surface area contributed by atoms with E-state index in [-0.39, 0.29) is 5.41 Å². The van der Waals surface area contributed by atoms with E-state index >= 15 is 0 Å². The fraction of sp³-hybridized carbons (Fsp3) is 0.467. The number of nitrogens with zero attached hydrogens (tertiary/aromatic N) is 1. The lowest BCUT2D eigenvalue weighted by atomic mass is 9.85. The Kier molecular flexibility index (Phi) is 4.33. The van der Waals surface area contributed by atoms with Crippen LogP contribution in [0.4, 0.5) is 5.69 Å². The van der Waals surface area contributed by atoms with E-state index in [1.807, 2.05) is 0 Å². The zero-order valence-electron chi connectivity index (χ0n) is 11.1. The number of alkyl halides is 1. The SMILES string of the molecule is C=C1N(CCOCCI)c2ccccc2C1(C)C. The number of rotatable bonds is 5. The van der Waals surface area contributed by atoms with Gasteiger partial charge in [0.05, 0.1) is 13.2 Å². The topological polar surface area (TPSA) is 12.5 Å². The van der Waals surface area contributed by atoms with Crippen molar-refractivity contribution < 1.29 is 4.74 Å². The molecular weight excluding hydrogens is 337 g/mol. The molecule has 0 aliphatic carbocycles. The molecule has 1 aliphatic rings. The number of hydrogen-bond acceptors (Lipinski definition) is 2. The van der Waals surface area contributed by atoms with Crippen molar-refractivity contribution in [3.8, 4) is 0 Å². The van der Waals surface area contributed by atoms with Crippen LogP contribution in [-0.2, 0) is 10.2 Å². The van der Waals surface area contributed by atoms with Crippen LogP contribution in [0.3, 0.4) is 0 Å². The van der Waals surface area contributed by atoms with Gasteiger partial charge in [-0.2, -0.15) is 0 Å². The summed E-state index contributed by atoms with van der Waals surface area (Å²) in [6.45, 7) is 11.2. The van der Waals surface area contributed by atoms with Crippen molar-refractivity contribution in [1.82, 2.24) is 0 Å². The molecule has 98 valence electrons. The first-order valence-electron chi connectivity index (χ1n) is 6.29. The maximum atomic E-state index is 5.59. The van der Waals surface area contributed by atoms with E-state index < -0.39 is 0 Å². The van der Waals surface area contributed by atoms with Crippen molar-refractivity contribution in [2.75, 3.05) is 29.1 Å². The van der Waals surface area contributed by atoms with Gasteiger partial charge < -0.3 is 9.64 Å². The molecular formula is C15H20INO. The van der Waals surface area contributed by atoms with Crippen LogP contribution in [-0.4, -0.2) is 24.2 Å². The van der Waals surface area contributed by atoms with Gasteiger partial charge in [-0.3, -0.25) is 0 Å². The summed E-state index contributed by atoms with van der Waals surface area (Å²) in [5.74, 6) is 0. The molecule has 0 aromatic heterocycles. The lowest BCUT2D eigenvalue weighted by Crippen LogP contribution is -2.28. The molecule has 18 heavy (non-hydrogen) atoms. The predicted molar refractivity (Wildman–Crippen MR) is 85.7 cm³/mol. The summed E-state index contributed by atoms with van der Waals surface area (Å²) in [5.41, 5.74) is 3.84. The van der Waals surface area contributed by atoms with E-state index in [2.05, 4.69) is 72.2 Å². The Hall–Kier alpha value is -0.550. The third kappa shape index (κ3) is 2.43. The number of ether oxygens (including phenoxy) is 1. The highest BCUT2D eigenvalue weighted by Crippen LogP contribution is 2.46. The Labute approximate surface area is 123 Å². The number of allylic oxidation sites excluding steroid dienone is 1. The van der Waals surface area contributed by atoms with Gasteiger partial charge in [0, 0.05) is 27.8 Å². The Morgan fingerprint density at radius 3 is 2.72 bits per heavy atom. The zero-order valence-corrected chi connectivity index (χ0v) is 13.2. The van der Waals surface area contributed by atoms with Gasteiger partial charge in [0.2, 0.25) is 0 Å². The second-order valence-corrected chi connectivity index (χ2v) is 6.12. The number of para-hydroxylation sites is 1. The van der Waals surface area contributed by atoms with Crippen LogP contribution < -0.4 is 4.90 Å². The number of fused-ring (bicyclic) bond motifs is 1. The minimum atomic E-state index is 0.0276. The molecule has 1 aromatic carbocycles. The van der Waals surface area contributed by atoms with Crippen LogP contribution in [0.2, 0.25) is 0 Å². The van der Waals surface area contributed by atoms with Crippen molar-refractivity contribution in [2.45, 2.75) is 19.3 Å². The second kappa shape index (κ2) is 5.61. The summed E-state index contributed by atoms with van der Waals surface area (Å²) in [7, 11) is 0. The van der Waals surface area contributed by atoms with Gasteiger partial charge in [-0.1, -0.05) is 61.2 Å². The molecule has 2 nitrogen and oxygen atoms in total. The van der Waals surface area contributed by atoms with Crippen molar-refractivity contribution in [2.24, 2.45) is 0 Å². The molecule has 1 aliphatic heterocycles. The molecule has 1 heterocycles. The van der Waals surface area contributed by atoms with Crippen molar-refractivity contribution >= 4 is 28.3 Å². The van der Waals surface area contributed by atoms with Gasteiger partial charge in [-0.25, -0.2) is 0 Å². The van der Waals surface area contributed by atoms with E-state index in [9.17, 15) is 0 Å². The smallest absolute Gasteiger partial charge is 0.0646 e. The molecule has 0 unspecified atom stereocenters. The monoisotopic (exact) mass is 357 g/mol. The molecule has 0 bridgehead atoms. The minimum absolute atomic E-state index is 0.0276. The van der Waals surface area contributed by atoms with Crippen LogP contribution in [0, 0.1) is 0 Å². The van der Waals surface area contributed by atoms with E-state index in [1.165, 1.54) is 16.9 Å². The highest BCUT2D eigenvalue weighted by molar-refractivity contribution is 14.1. The maximum absolute atomic E-state index is 5.59. The van der Waals surface area contributed by atoms with Crippen LogP contribution >= 0.6 is 22.6 Å². The summed E-state index contributed by atoms with van der Waals surface area (Å²) < 4.78 is 6.63. The van der Waals surface area contributed by atoms with Crippen molar-refractivity contribution in [3.63, 3.8) is 0 Å². The van der Waals surface area contributed by atoms with E-state index in [1.54, 1.807) is 0 Å². The van der Waals surface area contributed by atoms with Gasteiger partial charge >= 0.3 is 0 Å². The average molecular weight is 357 g/mol. The molecule has 0 atom stereocenters. The largest absolute Gasteiger partial charge is 0.379 e. The standard InChI is InChI=1S/C15H20INO/c1-12-15(2,3)13-6-4-5-7-14(13)17(12)9-11-18-10-8-16/h4-7H,1,8-11H2,2-3H3. The molecule has 0 saturated heterocycles. The van der Waals surface area contributed by atoms with Crippen LogP contribution in [0.5, 0.6) is 0 Å². The number of anilines is 1. The third-order valence-corrected chi connectivity index (χ3v) is 4.04. The second-order valence-electron chi connectivity index (χ2n) is 5.04. The third-order valence-electron chi connectivity index (χ3n) is 3.60. The maximum Gasteiger partial charge on any atom is 0.0646 e. The Bertz CT molecular complexity index is 442. The Morgan fingerprint density at radius 2 is 2.00 bits per heavy atom. The highest BCUT2D eigenvalue weighted by Gasteiger charge is 2.38. The number of halogens is 1. The van der Waals surface area contributed by atoms with Crippen LogP contribution in [0.1, 0.15) is 19.4 Å². The summed E-state index contributed by atoms with van der Waals surface area (Å²) in [5, 5.41) is 0. The van der Waals surface area contributed by atoms with E-state index in [4.69, 9.17) is 4.74 Å². The first-order valence-corrected chi connectivity index (χ1v) is 7.81. The van der Waals surface area contributed by atoms with Crippen LogP contribution in [0.15, 0.2) is 36.5 Å². The first-order chi connectivity index (χ1) is 8.59. The molecule has 0 N–H and O–H groups in total. The predicted octanol–water partition coefficient (Wildman–Crippen LogP) is 3.75. The first kappa shape index (κ1) is 13.9. The lowest BCUT2D eigenvalue weighted by Gasteiger charge is -2.25. The molecule has 0 saturated carbocycles. The summed E-state index contributed by atoms with van der Waals surface area (Å²) in [4.78, 5) is 2.29. The number of hydrogen-bond donors (Lipinski definition) is 0. The fourth-order valence-corrected chi connectivity index (χ4v) is 2.76. The molecule has 0 spiro atoms. The Morgan fingerprint density at radius 1 is 1.28 bits per heavy atom. The molecule has 0 radical (unpaired) electrons. The zero-order chi connectivity index (χ0) is 13.2. The average Bonchev–Trinajstić information content (AvgIpc) is 2.56. The van der Waals surface area contributed by atoms with Crippen LogP contribution in [0.25, 0.3) is 0 Å². The van der Waals surface area contributed by atoms with Gasteiger partial charge in [0.15, 0.2) is 0 Å². The molecule has 2 rings (SSSR count). The van der Waals surface area contributed by atoms with Gasteiger partial charge in [0.1, 0.15) is 0 Å². The summed E-state index contributed by atoms with van der Waals surface area (Å²) in [6.07, 6.45) is 0. The number of benzene rings is 1. The lowest BCUT2D eigenvalue weighted by molar-refractivity contribution is 0.159. The highest BCUT2D eigenvalue weighted by atomic mass is 127. The summed E-state index contributed by atoms with van der Waals surface area (Å²) in [6, 6.07) is 8.57. The van der Waals surface area contributed by atoms with Gasteiger partial charge in [0.25, 0.3) is 0 Å². The minimum Gasteiger partial charge on any atom is -0.379 e.